The summed E-state index contributed by atoms with van der Waals surface area (Å²) in [5, 5.41) is 6.50. The van der Waals surface area contributed by atoms with Gasteiger partial charge in [-0.25, -0.2) is 9.37 Å². The summed E-state index contributed by atoms with van der Waals surface area (Å²) in [5.74, 6) is -0.344. The Kier molecular flexibility index (Phi) is 5.27. The summed E-state index contributed by atoms with van der Waals surface area (Å²) in [7, 11) is 1.64. The van der Waals surface area contributed by atoms with Gasteiger partial charge >= 0.3 is 0 Å². The van der Waals surface area contributed by atoms with Gasteiger partial charge in [0, 0.05) is 30.3 Å². The Labute approximate surface area is 120 Å². The van der Waals surface area contributed by atoms with E-state index in [1.807, 2.05) is 5.38 Å². The average Bonchev–Trinajstić information content (AvgIpc) is 2.89. The van der Waals surface area contributed by atoms with Crippen LogP contribution in [0.1, 0.15) is 16.6 Å². The number of ether oxygens (including phenoxy) is 1. The first-order valence-corrected chi connectivity index (χ1v) is 7.05. The van der Waals surface area contributed by atoms with E-state index in [1.165, 1.54) is 23.5 Å². The highest BCUT2D eigenvalue weighted by molar-refractivity contribution is 7.09. The molecule has 1 unspecified atom stereocenters. The van der Waals surface area contributed by atoms with Gasteiger partial charge in [0.25, 0.3) is 0 Å². The van der Waals surface area contributed by atoms with E-state index in [0.29, 0.717) is 18.2 Å². The first-order chi connectivity index (χ1) is 9.22. The number of hydrogen-bond donors (Lipinski definition) is 1. The van der Waals surface area contributed by atoms with E-state index < -0.39 is 0 Å². The van der Waals surface area contributed by atoms with Crippen LogP contribution in [0.2, 0.25) is 5.02 Å². The second-order valence-electron chi connectivity index (χ2n) is 3.92. The Morgan fingerprint density at radius 3 is 3.00 bits per heavy atom. The van der Waals surface area contributed by atoms with E-state index in [0.717, 1.165) is 10.6 Å². The maximum atomic E-state index is 13.1. The second-order valence-corrected chi connectivity index (χ2v) is 5.25. The van der Waals surface area contributed by atoms with Gasteiger partial charge in [-0.3, -0.25) is 0 Å². The molecule has 0 bridgehead atoms. The monoisotopic (exact) mass is 300 g/mol. The molecule has 0 fully saturated rings. The molecular weight excluding hydrogens is 287 g/mol. The molecule has 0 amide bonds. The van der Waals surface area contributed by atoms with Gasteiger partial charge < -0.3 is 10.1 Å². The normalized spacial score (nSPS) is 12.6. The highest BCUT2D eigenvalue weighted by Gasteiger charge is 2.19. The summed E-state index contributed by atoms with van der Waals surface area (Å²) >= 11 is 7.65. The number of benzene rings is 1. The summed E-state index contributed by atoms with van der Waals surface area (Å²) in [6, 6.07) is 4.25. The summed E-state index contributed by atoms with van der Waals surface area (Å²) in [6.45, 7) is 1.25. The van der Waals surface area contributed by atoms with Crippen molar-refractivity contribution in [1.82, 2.24) is 10.3 Å². The van der Waals surface area contributed by atoms with E-state index >= 15 is 0 Å². The van der Waals surface area contributed by atoms with Crippen molar-refractivity contribution in [3.8, 4) is 0 Å². The molecule has 3 nitrogen and oxygen atoms in total. The number of halogens is 2. The molecule has 2 rings (SSSR count). The maximum absolute atomic E-state index is 13.1. The molecule has 0 spiro atoms. The SMILES string of the molecule is COCCNC(c1nccs1)c1ccc(F)cc1Cl. The first kappa shape index (κ1) is 14.4. The summed E-state index contributed by atoms with van der Waals surface area (Å²) in [5.41, 5.74) is 0.814. The number of aromatic nitrogens is 1. The lowest BCUT2D eigenvalue weighted by atomic mass is 10.1. The zero-order valence-corrected chi connectivity index (χ0v) is 12.0. The molecule has 1 atom stereocenters. The number of nitrogens with one attached hydrogen (secondary N) is 1. The van der Waals surface area contributed by atoms with Gasteiger partial charge in [-0.1, -0.05) is 17.7 Å². The lowest BCUT2D eigenvalue weighted by Crippen LogP contribution is -2.26. The van der Waals surface area contributed by atoms with Gasteiger partial charge in [0.2, 0.25) is 0 Å². The third kappa shape index (κ3) is 3.73. The minimum absolute atomic E-state index is 0.150. The zero-order chi connectivity index (χ0) is 13.7. The molecule has 1 aromatic heterocycles. The largest absolute Gasteiger partial charge is 0.383 e. The fourth-order valence-electron chi connectivity index (χ4n) is 1.75. The van der Waals surface area contributed by atoms with Gasteiger partial charge in [-0.15, -0.1) is 11.3 Å². The van der Waals surface area contributed by atoms with Crippen LogP contribution < -0.4 is 5.32 Å². The van der Waals surface area contributed by atoms with Crippen molar-refractivity contribution in [3.05, 3.63) is 51.2 Å². The molecule has 19 heavy (non-hydrogen) atoms. The number of methoxy groups -OCH3 is 1. The molecule has 0 aliphatic carbocycles. The molecule has 0 aliphatic rings. The fraction of sp³-hybridized carbons (Fsp3) is 0.308. The minimum atomic E-state index is -0.344. The van der Waals surface area contributed by atoms with Gasteiger partial charge in [-0.2, -0.15) is 0 Å². The van der Waals surface area contributed by atoms with Gasteiger partial charge in [-0.05, 0) is 17.7 Å². The van der Waals surface area contributed by atoms with Crippen molar-refractivity contribution >= 4 is 22.9 Å². The van der Waals surface area contributed by atoms with E-state index in [-0.39, 0.29) is 11.9 Å². The van der Waals surface area contributed by atoms with Crippen molar-refractivity contribution in [3.63, 3.8) is 0 Å². The van der Waals surface area contributed by atoms with Crippen molar-refractivity contribution in [1.29, 1.82) is 0 Å². The maximum Gasteiger partial charge on any atom is 0.124 e. The van der Waals surface area contributed by atoms with Crippen LogP contribution in [0.4, 0.5) is 4.39 Å². The molecule has 0 saturated carbocycles. The summed E-state index contributed by atoms with van der Waals surface area (Å²) < 4.78 is 18.1. The smallest absolute Gasteiger partial charge is 0.124 e. The molecule has 1 N–H and O–H groups in total. The Balaban J connectivity index is 2.26. The van der Waals surface area contributed by atoms with E-state index in [2.05, 4.69) is 10.3 Å². The predicted molar refractivity (Wildman–Crippen MR) is 75.2 cm³/mol. The molecule has 0 saturated heterocycles. The Morgan fingerprint density at radius 2 is 2.37 bits per heavy atom. The fourth-order valence-corrected chi connectivity index (χ4v) is 2.75. The summed E-state index contributed by atoms with van der Waals surface area (Å²) in [4.78, 5) is 4.30. The number of rotatable bonds is 6. The lowest BCUT2D eigenvalue weighted by Gasteiger charge is -2.18. The van der Waals surface area contributed by atoms with Crippen molar-refractivity contribution in [2.45, 2.75) is 6.04 Å². The van der Waals surface area contributed by atoms with Crippen LogP contribution in [0.25, 0.3) is 0 Å². The molecule has 1 aromatic carbocycles. The van der Waals surface area contributed by atoms with E-state index in [4.69, 9.17) is 16.3 Å². The predicted octanol–water partition coefficient (Wildman–Crippen LogP) is 3.26. The third-order valence-corrected chi connectivity index (χ3v) is 3.79. The van der Waals surface area contributed by atoms with Gasteiger partial charge in [0.15, 0.2) is 0 Å². The number of thiazole rings is 1. The molecule has 0 radical (unpaired) electrons. The van der Waals surface area contributed by atoms with Crippen LogP contribution in [0.5, 0.6) is 0 Å². The van der Waals surface area contributed by atoms with Gasteiger partial charge in [0.1, 0.15) is 10.8 Å². The lowest BCUT2D eigenvalue weighted by molar-refractivity contribution is 0.197. The number of nitrogens with zero attached hydrogens (tertiary/aromatic N) is 1. The van der Waals surface area contributed by atoms with Crippen molar-refractivity contribution in [2.24, 2.45) is 0 Å². The summed E-state index contributed by atoms with van der Waals surface area (Å²) in [6.07, 6.45) is 1.74. The number of hydrogen-bond acceptors (Lipinski definition) is 4. The topological polar surface area (TPSA) is 34.1 Å². The zero-order valence-electron chi connectivity index (χ0n) is 10.4. The van der Waals surface area contributed by atoms with Crippen LogP contribution in [0, 0.1) is 5.82 Å². The molecule has 0 aliphatic heterocycles. The van der Waals surface area contributed by atoms with Crippen molar-refractivity contribution < 1.29 is 9.13 Å². The van der Waals surface area contributed by atoms with Crippen LogP contribution in [-0.2, 0) is 4.74 Å². The molecule has 1 heterocycles. The van der Waals surface area contributed by atoms with Crippen LogP contribution in [0.15, 0.2) is 29.8 Å². The highest BCUT2D eigenvalue weighted by Crippen LogP contribution is 2.29. The Morgan fingerprint density at radius 1 is 1.53 bits per heavy atom. The van der Waals surface area contributed by atoms with Crippen molar-refractivity contribution in [2.75, 3.05) is 20.3 Å². The quantitative estimate of drug-likeness (QED) is 0.832. The third-order valence-electron chi connectivity index (χ3n) is 2.63. The minimum Gasteiger partial charge on any atom is -0.383 e. The van der Waals surface area contributed by atoms with Gasteiger partial charge in [0.05, 0.1) is 12.6 Å². The van der Waals surface area contributed by atoms with Crippen LogP contribution >= 0.6 is 22.9 Å². The Bertz CT molecular complexity index is 521. The Hall–Kier alpha value is -1.01. The molecule has 2 aromatic rings. The highest BCUT2D eigenvalue weighted by atomic mass is 35.5. The average molecular weight is 301 g/mol. The first-order valence-electron chi connectivity index (χ1n) is 5.79. The standard InChI is InChI=1S/C13H14ClFN2OS/c1-18-6-4-16-12(13-17-5-7-19-13)10-3-2-9(15)8-11(10)14/h2-3,5,7-8,12,16H,4,6H2,1H3. The van der Waals surface area contributed by atoms with Crippen LogP contribution in [0.3, 0.4) is 0 Å². The van der Waals surface area contributed by atoms with E-state index in [9.17, 15) is 4.39 Å². The second kappa shape index (κ2) is 6.96. The van der Waals surface area contributed by atoms with E-state index in [1.54, 1.807) is 19.4 Å². The molecule has 6 heteroatoms. The van der Waals surface area contributed by atoms with Crippen LogP contribution in [-0.4, -0.2) is 25.2 Å². The molecular formula is C13H14ClFN2OS. The molecule has 102 valence electrons.